The third-order valence-electron chi connectivity index (χ3n) is 3.82. The Kier molecular flexibility index (Phi) is 7.48. The Hall–Kier alpha value is -2.84. The number of carbonyl (C=O) groups is 2. The predicted molar refractivity (Wildman–Crippen MR) is 114 cm³/mol. The Balaban J connectivity index is 1.62. The standard InChI is InChI=1S/C21H20ClN3O4S/c1-13(2)23-19(26)12-30-17-10-6-4-8-15(17)21(27)28-11-18-24-20(29-25-18)14-7-3-5-9-16(14)22/h3-10,13H,11-12H2,1-2H3,(H,23,26). The number of thioether (sulfide) groups is 1. The van der Waals surface area contributed by atoms with Crippen LogP contribution in [-0.4, -0.2) is 33.8 Å². The highest BCUT2D eigenvalue weighted by Gasteiger charge is 2.17. The smallest absolute Gasteiger partial charge is 0.339 e. The zero-order valence-corrected chi connectivity index (χ0v) is 18.0. The molecule has 0 radical (unpaired) electrons. The van der Waals surface area contributed by atoms with E-state index in [1.54, 1.807) is 48.5 Å². The lowest BCUT2D eigenvalue weighted by Gasteiger charge is -2.10. The Morgan fingerprint density at radius 3 is 2.67 bits per heavy atom. The van der Waals surface area contributed by atoms with Gasteiger partial charge in [0.1, 0.15) is 0 Å². The number of nitrogens with zero attached hydrogens (tertiary/aromatic N) is 2. The number of amides is 1. The molecule has 7 nitrogen and oxygen atoms in total. The Bertz CT molecular complexity index is 1040. The van der Waals surface area contributed by atoms with Gasteiger partial charge in [-0.2, -0.15) is 4.98 Å². The van der Waals surface area contributed by atoms with Gasteiger partial charge in [-0.05, 0) is 38.1 Å². The first-order valence-corrected chi connectivity index (χ1v) is 10.6. The number of aromatic nitrogens is 2. The maximum Gasteiger partial charge on any atom is 0.339 e. The predicted octanol–water partition coefficient (Wildman–Crippen LogP) is 4.36. The maximum absolute atomic E-state index is 12.5. The van der Waals surface area contributed by atoms with Crippen LogP contribution in [0, 0.1) is 0 Å². The second kappa shape index (κ2) is 10.3. The fourth-order valence-electron chi connectivity index (χ4n) is 2.53. The van der Waals surface area contributed by atoms with E-state index >= 15 is 0 Å². The average molecular weight is 446 g/mol. The summed E-state index contributed by atoms with van der Waals surface area (Å²) in [7, 11) is 0. The molecule has 9 heteroatoms. The van der Waals surface area contributed by atoms with Crippen LogP contribution in [0.4, 0.5) is 0 Å². The zero-order valence-electron chi connectivity index (χ0n) is 16.4. The molecule has 1 aromatic heterocycles. The topological polar surface area (TPSA) is 94.3 Å². The van der Waals surface area contributed by atoms with Crippen molar-refractivity contribution in [3.63, 3.8) is 0 Å². The highest BCUT2D eigenvalue weighted by Crippen LogP contribution is 2.26. The fourth-order valence-corrected chi connectivity index (χ4v) is 3.60. The minimum atomic E-state index is -0.536. The summed E-state index contributed by atoms with van der Waals surface area (Å²) in [6, 6.07) is 14.1. The van der Waals surface area contributed by atoms with E-state index in [0.29, 0.717) is 21.0 Å². The summed E-state index contributed by atoms with van der Waals surface area (Å²) >= 11 is 7.40. The van der Waals surface area contributed by atoms with Crippen LogP contribution in [-0.2, 0) is 16.1 Å². The van der Waals surface area contributed by atoms with Crippen molar-refractivity contribution in [1.82, 2.24) is 15.5 Å². The highest BCUT2D eigenvalue weighted by molar-refractivity contribution is 8.00. The molecule has 0 bridgehead atoms. The first-order chi connectivity index (χ1) is 14.4. The van der Waals surface area contributed by atoms with Crippen LogP contribution in [0.2, 0.25) is 5.02 Å². The Morgan fingerprint density at radius 2 is 1.90 bits per heavy atom. The lowest BCUT2D eigenvalue weighted by molar-refractivity contribution is -0.119. The summed E-state index contributed by atoms with van der Waals surface area (Å²) in [4.78, 5) is 29.3. The molecule has 0 saturated carbocycles. The van der Waals surface area contributed by atoms with Crippen LogP contribution in [0.3, 0.4) is 0 Å². The number of halogens is 1. The zero-order chi connectivity index (χ0) is 21.5. The summed E-state index contributed by atoms with van der Waals surface area (Å²) in [5, 5.41) is 7.13. The van der Waals surface area contributed by atoms with Gasteiger partial charge in [-0.1, -0.05) is 41.0 Å². The number of carbonyl (C=O) groups excluding carboxylic acids is 2. The van der Waals surface area contributed by atoms with Crippen LogP contribution in [0.5, 0.6) is 0 Å². The normalized spacial score (nSPS) is 10.8. The molecule has 1 amide bonds. The van der Waals surface area contributed by atoms with Crippen molar-refractivity contribution in [1.29, 1.82) is 0 Å². The molecule has 0 atom stereocenters. The van der Waals surface area contributed by atoms with Gasteiger partial charge in [0.25, 0.3) is 5.89 Å². The van der Waals surface area contributed by atoms with Crippen LogP contribution in [0.1, 0.15) is 30.0 Å². The summed E-state index contributed by atoms with van der Waals surface area (Å²) in [6.07, 6.45) is 0. The van der Waals surface area contributed by atoms with E-state index in [2.05, 4.69) is 15.5 Å². The minimum Gasteiger partial charge on any atom is -0.454 e. The largest absolute Gasteiger partial charge is 0.454 e. The molecule has 1 N–H and O–H groups in total. The van der Waals surface area contributed by atoms with E-state index in [-0.39, 0.29) is 36.0 Å². The summed E-state index contributed by atoms with van der Waals surface area (Å²) in [5.74, 6) is 0.0381. The second-order valence-corrected chi connectivity index (χ2v) is 8.00. The molecule has 0 aliphatic heterocycles. The van der Waals surface area contributed by atoms with Crippen molar-refractivity contribution in [2.45, 2.75) is 31.4 Å². The lowest BCUT2D eigenvalue weighted by Crippen LogP contribution is -2.31. The van der Waals surface area contributed by atoms with Crippen LogP contribution < -0.4 is 5.32 Å². The quantitative estimate of drug-likeness (QED) is 0.406. The van der Waals surface area contributed by atoms with Gasteiger partial charge in [0.15, 0.2) is 6.61 Å². The van der Waals surface area contributed by atoms with Crippen molar-refractivity contribution < 1.29 is 18.8 Å². The van der Waals surface area contributed by atoms with Crippen LogP contribution in [0.25, 0.3) is 11.5 Å². The summed E-state index contributed by atoms with van der Waals surface area (Å²) < 4.78 is 10.5. The summed E-state index contributed by atoms with van der Waals surface area (Å²) in [5.41, 5.74) is 0.973. The Morgan fingerprint density at radius 1 is 1.17 bits per heavy atom. The SMILES string of the molecule is CC(C)NC(=O)CSc1ccccc1C(=O)OCc1noc(-c2ccccc2Cl)n1. The van der Waals surface area contributed by atoms with Gasteiger partial charge in [-0.15, -0.1) is 11.8 Å². The molecular weight excluding hydrogens is 426 g/mol. The maximum atomic E-state index is 12.5. The molecular formula is C21H20ClN3O4S. The van der Waals surface area contributed by atoms with E-state index in [0.717, 1.165) is 0 Å². The molecule has 1 heterocycles. The van der Waals surface area contributed by atoms with Crippen molar-refractivity contribution >= 4 is 35.2 Å². The van der Waals surface area contributed by atoms with Gasteiger partial charge in [0.05, 0.1) is 21.9 Å². The molecule has 0 aliphatic carbocycles. The molecule has 0 saturated heterocycles. The fraction of sp³-hybridized carbons (Fsp3) is 0.238. The molecule has 30 heavy (non-hydrogen) atoms. The minimum absolute atomic E-state index is 0.0592. The first kappa shape index (κ1) is 21.9. The molecule has 3 aromatic rings. The molecule has 0 fully saturated rings. The number of benzene rings is 2. The van der Waals surface area contributed by atoms with Crippen molar-refractivity contribution in [3.05, 3.63) is 64.9 Å². The van der Waals surface area contributed by atoms with E-state index in [9.17, 15) is 9.59 Å². The van der Waals surface area contributed by atoms with Crippen molar-refractivity contribution in [3.8, 4) is 11.5 Å². The number of hydrogen-bond acceptors (Lipinski definition) is 7. The van der Waals surface area contributed by atoms with Crippen LogP contribution in [0.15, 0.2) is 57.9 Å². The van der Waals surface area contributed by atoms with Gasteiger partial charge >= 0.3 is 5.97 Å². The average Bonchev–Trinajstić information content (AvgIpc) is 3.19. The van der Waals surface area contributed by atoms with Gasteiger partial charge in [-0.3, -0.25) is 4.79 Å². The molecule has 2 aromatic carbocycles. The third-order valence-corrected chi connectivity index (χ3v) is 5.22. The van der Waals surface area contributed by atoms with Gasteiger partial charge in [0, 0.05) is 10.9 Å². The third kappa shape index (κ3) is 5.84. The number of nitrogens with one attached hydrogen (secondary N) is 1. The van der Waals surface area contributed by atoms with E-state index < -0.39 is 5.97 Å². The molecule has 156 valence electrons. The van der Waals surface area contributed by atoms with E-state index in [4.69, 9.17) is 20.9 Å². The van der Waals surface area contributed by atoms with Crippen molar-refractivity contribution in [2.24, 2.45) is 0 Å². The number of esters is 1. The van der Waals surface area contributed by atoms with Gasteiger partial charge < -0.3 is 14.6 Å². The number of ether oxygens (including phenoxy) is 1. The number of hydrogen-bond donors (Lipinski definition) is 1. The van der Waals surface area contributed by atoms with Crippen LogP contribution >= 0.6 is 23.4 Å². The molecule has 0 aliphatic rings. The van der Waals surface area contributed by atoms with Gasteiger partial charge in [0.2, 0.25) is 11.7 Å². The monoisotopic (exact) mass is 445 g/mol. The highest BCUT2D eigenvalue weighted by atomic mass is 35.5. The molecule has 3 rings (SSSR count). The lowest BCUT2D eigenvalue weighted by atomic mass is 10.2. The summed E-state index contributed by atoms with van der Waals surface area (Å²) in [6.45, 7) is 3.63. The first-order valence-electron chi connectivity index (χ1n) is 9.20. The Labute approximate surface area is 183 Å². The molecule has 0 unspecified atom stereocenters. The molecule has 0 spiro atoms. The second-order valence-electron chi connectivity index (χ2n) is 6.58. The van der Waals surface area contributed by atoms with E-state index in [1.165, 1.54) is 11.8 Å². The van der Waals surface area contributed by atoms with E-state index in [1.807, 2.05) is 13.8 Å². The van der Waals surface area contributed by atoms with Crippen molar-refractivity contribution in [2.75, 3.05) is 5.75 Å². The number of rotatable bonds is 8. The van der Waals surface area contributed by atoms with Gasteiger partial charge in [-0.25, -0.2) is 4.79 Å².